The monoisotopic (exact) mass is 399 g/mol. The molecule has 28 heavy (non-hydrogen) atoms. The standard InChI is InChI=1S/C21H25N3O3S/c1-15-5-3-6-16(2)19(15)22-20(26)23-10-8-21(9-11-23)24(18(25)14-28-21)13-17-7-4-12-27-17/h3-7,12H,8-11,13-14H2,1-2H3,(H,22,26). The quantitative estimate of drug-likeness (QED) is 0.847. The number of likely N-dealkylation sites (tertiary alicyclic amines) is 1. The summed E-state index contributed by atoms with van der Waals surface area (Å²) in [5, 5.41) is 3.07. The molecule has 3 amide bonds. The van der Waals surface area contributed by atoms with Crippen molar-refractivity contribution in [3.63, 3.8) is 0 Å². The van der Waals surface area contributed by atoms with Crippen LogP contribution in [0.5, 0.6) is 0 Å². The van der Waals surface area contributed by atoms with Gasteiger partial charge in [0.25, 0.3) is 0 Å². The zero-order valence-electron chi connectivity index (χ0n) is 16.2. The molecule has 1 N–H and O–H groups in total. The number of nitrogens with zero attached hydrogens (tertiary/aromatic N) is 2. The number of furan rings is 1. The van der Waals surface area contributed by atoms with Gasteiger partial charge in [0.15, 0.2) is 0 Å². The van der Waals surface area contributed by atoms with Crippen molar-refractivity contribution >= 4 is 29.4 Å². The Balaban J connectivity index is 1.42. The third-order valence-electron chi connectivity index (χ3n) is 5.70. The molecule has 2 aromatic rings. The number of thioether (sulfide) groups is 1. The highest BCUT2D eigenvalue weighted by atomic mass is 32.2. The molecule has 0 radical (unpaired) electrons. The smallest absolute Gasteiger partial charge is 0.321 e. The second-order valence-corrected chi connectivity index (χ2v) is 8.82. The van der Waals surface area contributed by atoms with Gasteiger partial charge in [0.05, 0.1) is 23.4 Å². The largest absolute Gasteiger partial charge is 0.467 e. The van der Waals surface area contributed by atoms with Crippen molar-refractivity contribution in [1.29, 1.82) is 0 Å². The van der Waals surface area contributed by atoms with Gasteiger partial charge in [0.1, 0.15) is 5.76 Å². The first-order valence-electron chi connectivity index (χ1n) is 9.57. The van der Waals surface area contributed by atoms with Crippen molar-refractivity contribution in [1.82, 2.24) is 9.80 Å². The molecule has 2 fully saturated rings. The lowest BCUT2D eigenvalue weighted by atomic mass is 10.0. The van der Waals surface area contributed by atoms with E-state index in [-0.39, 0.29) is 16.8 Å². The van der Waals surface area contributed by atoms with E-state index in [1.54, 1.807) is 18.0 Å². The third kappa shape index (κ3) is 3.51. The molecule has 2 aliphatic rings. The molecule has 3 heterocycles. The molecule has 2 saturated heterocycles. The van der Waals surface area contributed by atoms with Crippen LogP contribution < -0.4 is 5.32 Å². The Bertz CT molecular complexity index is 853. The SMILES string of the molecule is Cc1cccc(C)c1NC(=O)N1CCC2(CC1)SCC(=O)N2Cc1ccco1. The number of para-hydroxylation sites is 1. The summed E-state index contributed by atoms with van der Waals surface area (Å²) >= 11 is 1.70. The maximum Gasteiger partial charge on any atom is 0.321 e. The highest BCUT2D eigenvalue weighted by Gasteiger charge is 2.48. The minimum atomic E-state index is -0.237. The van der Waals surface area contributed by atoms with Gasteiger partial charge < -0.3 is 19.5 Å². The maximum atomic E-state index is 12.8. The number of benzene rings is 1. The number of nitrogens with one attached hydrogen (secondary N) is 1. The normalized spacial score (nSPS) is 18.7. The van der Waals surface area contributed by atoms with Crippen molar-refractivity contribution in [2.75, 3.05) is 24.2 Å². The fourth-order valence-corrected chi connectivity index (χ4v) is 5.38. The van der Waals surface area contributed by atoms with E-state index in [4.69, 9.17) is 4.42 Å². The molecule has 0 bridgehead atoms. The van der Waals surface area contributed by atoms with E-state index >= 15 is 0 Å². The molecule has 148 valence electrons. The van der Waals surface area contributed by atoms with Gasteiger partial charge in [0, 0.05) is 18.8 Å². The van der Waals surface area contributed by atoms with Crippen LogP contribution in [-0.4, -0.2) is 45.5 Å². The number of amides is 3. The van der Waals surface area contributed by atoms with Gasteiger partial charge in [-0.05, 0) is 49.9 Å². The minimum absolute atomic E-state index is 0.0702. The second-order valence-electron chi connectivity index (χ2n) is 7.48. The Kier molecular flexibility index (Phi) is 5.10. The minimum Gasteiger partial charge on any atom is -0.467 e. The molecule has 4 rings (SSSR count). The van der Waals surface area contributed by atoms with Gasteiger partial charge in [-0.15, -0.1) is 11.8 Å². The predicted octanol–water partition coefficient (Wildman–Crippen LogP) is 4.00. The van der Waals surface area contributed by atoms with Crippen LogP contribution in [0.2, 0.25) is 0 Å². The number of piperidine rings is 1. The Hall–Kier alpha value is -2.41. The Morgan fingerprint density at radius 3 is 2.54 bits per heavy atom. The summed E-state index contributed by atoms with van der Waals surface area (Å²) < 4.78 is 5.45. The number of carbonyl (C=O) groups excluding carboxylic acids is 2. The van der Waals surface area contributed by atoms with Crippen LogP contribution in [0.4, 0.5) is 10.5 Å². The maximum absolute atomic E-state index is 12.8. The van der Waals surface area contributed by atoms with Crippen LogP contribution in [0.1, 0.15) is 29.7 Å². The topological polar surface area (TPSA) is 65.8 Å². The first-order valence-corrected chi connectivity index (χ1v) is 10.6. The summed E-state index contributed by atoms with van der Waals surface area (Å²) in [6.45, 7) is 5.76. The number of hydrogen-bond donors (Lipinski definition) is 1. The Morgan fingerprint density at radius 2 is 1.89 bits per heavy atom. The van der Waals surface area contributed by atoms with Gasteiger partial charge in [-0.3, -0.25) is 4.79 Å². The van der Waals surface area contributed by atoms with E-state index in [0.29, 0.717) is 25.4 Å². The number of anilines is 1. The second kappa shape index (κ2) is 7.54. The van der Waals surface area contributed by atoms with E-state index in [1.165, 1.54) is 0 Å². The fourth-order valence-electron chi connectivity index (χ4n) is 4.04. The van der Waals surface area contributed by atoms with Gasteiger partial charge >= 0.3 is 6.03 Å². The average molecular weight is 400 g/mol. The number of hydrogen-bond acceptors (Lipinski definition) is 4. The molecule has 0 unspecified atom stereocenters. The predicted molar refractivity (Wildman–Crippen MR) is 110 cm³/mol. The molecule has 1 aromatic carbocycles. The molecule has 0 aliphatic carbocycles. The van der Waals surface area contributed by atoms with Gasteiger partial charge in [-0.2, -0.15) is 0 Å². The van der Waals surface area contributed by atoms with E-state index < -0.39 is 0 Å². The molecule has 2 aliphatic heterocycles. The lowest BCUT2D eigenvalue weighted by Crippen LogP contribution is -2.53. The molecule has 0 saturated carbocycles. The summed E-state index contributed by atoms with van der Waals surface area (Å²) in [7, 11) is 0. The van der Waals surface area contributed by atoms with E-state index in [1.807, 2.05) is 54.0 Å². The van der Waals surface area contributed by atoms with E-state index in [0.717, 1.165) is 35.4 Å². The number of rotatable bonds is 3. The summed E-state index contributed by atoms with van der Waals surface area (Å²) in [6.07, 6.45) is 3.17. The lowest BCUT2D eigenvalue weighted by molar-refractivity contribution is -0.132. The Labute approximate surface area is 169 Å². The third-order valence-corrected chi connectivity index (χ3v) is 7.25. The molecule has 1 aromatic heterocycles. The van der Waals surface area contributed by atoms with Crippen molar-refractivity contribution in [3.8, 4) is 0 Å². The number of urea groups is 1. The molecular weight excluding hydrogens is 374 g/mol. The van der Waals surface area contributed by atoms with Crippen LogP contribution in [0.3, 0.4) is 0 Å². The van der Waals surface area contributed by atoms with E-state index in [2.05, 4.69) is 5.32 Å². The van der Waals surface area contributed by atoms with E-state index in [9.17, 15) is 9.59 Å². The highest BCUT2D eigenvalue weighted by molar-refractivity contribution is 8.01. The molecule has 7 heteroatoms. The van der Waals surface area contributed by atoms with Gasteiger partial charge in [0.2, 0.25) is 5.91 Å². The highest BCUT2D eigenvalue weighted by Crippen LogP contribution is 2.45. The molecular formula is C21H25N3O3S. The van der Waals surface area contributed by atoms with Gasteiger partial charge in [-0.1, -0.05) is 18.2 Å². The van der Waals surface area contributed by atoms with Gasteiger partial charge in [-0.25, -0.2) is 4.79 Å². The molecule has 0 atom stereocenters. The fraction of sp³-hybridized carbons (Fsp3) is 0.429. The van der Waals surface area contributed by atoms with Crippen LogP contribution in [0.25, 0.3) is 0 Å². The van der Waals surface area contributed by atoms with Crippen molar-refractivity contribution < 1.29 is 14.0 Å². The van der Waals surface area contributed by atoms with Crippen LogP contribution in [-0.2, 0) is 11.3 Å². The lowest BCUT2D eigenvalue weighted by Gasteiger charge is -2.43. The summed E-state index contributed by atoms with van der Waals surface area (Å²) in [5.41, 5.74) is 3.00. The zero-order valence-corrected chi connectivity index (χ0v) is 17.1. The van der Waals surface area contributed by atoms with Crippen LogP contribution in [0, 0.1) is 13.8 Å². The average Bonchev–Trinajstić information content (AvgIpc) is 3.30. The van der Waals surface area contributed by atoms with Crippen LogP contribution >= 0.6 is 11.8 Å². The zero-order chi connectivity index (χ0) is 19.7. The number of aryl methyl sites for hydroxylation is 2. The van der Waals surface area contributed by atoms with Crippen molar-refractivity contribution in [3.05, 3.63) is 53.5 Å². The summed E-state index contributed by atoms with van der Waals surface area (Å²) in [6, 6.07) is 9.67. The first kappa shape index (κ1) is 18.9. The number of carbonyl (C=O) groups is 2. The Morgan fingerprint density at radius 1 is 1.18 bits per heavy atom. The van der Waals surface area contributed by atoms with Crippen molar-refractivity contribution in [2.24, 2.45) is 0 Å². The summed E-state index contributed by atoms with van der Waals surface area (Å²) in [5.74, 6) is 1.44. The molecule has 6 nitrogen and oxygen atoms in total. The summed E-state index contributed by atoms with van der Waals surface area (Å²) in [4.78, 5) is 28.8. The molecule has 1 spiro atoms. The van der Waals surface area contributed by atoms with Crippen molar-refractivity contribution in [2.45, 2.75) is 38.1 Å². The van der Waals surface area contributed by atoms with Crippen LogP contribution in [0.15, 0.2) is 41.0 Å². The first-order chi connectivity index (χ1) is 13.5.